The van der Waals surface area contributed by atoms with E-state index in [2.05, 4.69) is 4.72 Å². The lowest BCUT2D eigenvalue weighted by Gasteiger charge is -2.19. The molecule has 7 heteroatoms. The number of carbonyl (C=O) groups excluding carboxylic acids is 1. The molecule has 1 amide bonds. The molecule has 6 nitrogen and oxygen atoms in total. The Bertz CT molecular complexity index is 577. The number of sulfonamides is 1. The smallest absolute Gasteiger partial charge is 0.248 e. The fourth-order valence-electron chi connectivity index (χ4n) is 2.18. The number of primary amides is 1. The topological polar surface area (TPSA) is 98.5 Å². The second kappa shape index (κ2) is 5.90. The minimum absolute atomic E-state index is 0.0883. The average Bonchev–Trinajstić information content (AvgIpc) is 2.92. The number of amides is 1. The van der Waals surface area contributed by atoms with Crippen molar-refractivity contribution in [3.8, 4) is 0 Å². The van der Waals surface area contributed by atoms with Gasteiger partial charge in [0.1, 0.15) is 0 Å². The molecule has 1 saturated heterocycles. The van der Waals surface area contributed by atoms with Crippen molar-refractivity contribution in [3.05, 3.63) is 29.8 Å². The summed E-state index contributed by atoms with van der Waals surface area (Å²) < 4.78 is 32.4. The second-order valence-corrected chi connectivity index (χ2v) is 6.56. The summed E-state index contributed by atoms with van der Waals surface area (Å²) in [4.78, 5) is 11.1. The summed E-state index contributed by atoms with van der Waals surface area (Å²) in [7, 11) is -3.62. The van der Waals surface area contributed by atoms with E-state index in [0.29, 0.717) is 6.61 Å². The van der Waals surface area contributed by atoms with Gasteiger partial charge >= 0.3 is 0 Å². The zero-order valence-electron chi connectivity index (χ0n) is 11.2. The molecule has 3 N–H and O–H groups in total. The van der Waals surface area contributed by atoms with E-state index in [1.807, 2.05) is 0 Å². The molecule has 0 unspecified atom stereocenters. The number of rotatable bonds is 5. The van der Waals surface area contributed by atoms with E-state index in [0.717, 1.165) is 12.8 Å². The van der Waals surface area contributed by atoms with Gasteiger partial charge in [-0.15, -0.1) is 0 Å². The number of carbonyl (C=O) groups is 1. The van der Waals surface area contributed by atoms with Gasteiger partial charge in [-0.05, 0) is 44.0 Å². The molecule has 20 heavy (non-hydrogen) atoms. The monoisotopic (exact) mass is 298 g/mol. The summed E-state index contributed by atoms with van der Waals surface area (Å²) in [5.41, 5.74) is 5.39. The third-order valence-electron chi connectivity index (χ3n) is 3.31. The van der Waals surface area contributed by atoms with Crippen LogP contribution < -0.4 is 10.5 Å². The first-order valence-electron chi connectivity index (χ1n) is 6.44. The Morgan fingerprint density at radius 2 is 2.05 bits per heavy atom. The Kier molecular flexibility index (Phi) is 4.42. The van der Waals surface area contributed by atoms with E-state index < -0.39 is 15.9 Å². The number of hydrogen-bond acceptors (Lipinski definition) is 4. The minimum Gasteiger partial charge on any atom is -0.377 e. The third-order valence-corrected chi connectivity index (χ3v) is 4.89. The van der Waals surface area contributed by atoms with E-state index in [1.54, 1.807) is 6.92 Å². The number of hydrogen-bond donors (Lipinski definition) is 2. The Hall–Kier alpha value is -1.44. The van der Waals surface area contributed by atoms with E-state index in [1.165, 1.54) is 24.3 Å². The minimum atomic E-state index is -3.62. The molecule has 2 rings (SSSR count). The highest BCUT2D eigenvalue weighted by molar-refractivity contribution is 7.89. The SMILES string of the molecule is C[C@@H](NS(=O)(=O)c1ccc(C(N)=O)cc1)[C@H]1CCCO1. The number of nitrogens with one attached hydrogen (secondary N) is 1. The lowest BCUT2D eigenvalue weighted by atomic mass is 10.1. The summed E-state index contributed by atoms with van der Waals surface area (Å²) in [6.45, 7) is 2.45. The van der Waals surface area contributed by atoms with Gasteiger partial charge in [-0.25, -0.2) is 13.1 Å². The predicted molar refractivity (Wildman–Crippen MR) is 73.7 cm³/mol. The Morgan fingerprint density at radius 1 is 1.40 bits per heavy atom. The maximum atomic E-state index is 12.2. The molecule has 1 aromatic rings. The number of benzene rings is 1. The van der Waals surface area contributed by atoms with Crippen LogP contribution >= 0.6 is 0 Å². The van der Waals surface area contributed by atoms with Gasteiger partial charge in [-0.3, -0.25) is 4.79 Å². The molecule has 110 valence electrons. The van der Waals surface area contributed by atoms with Crippen molar-refractivity contribution in [2.24, 2.45) is 5.73 Å². The van der Waals surface area contributed by atoms with Crippen LogP contribution in [0.3, 0.4) is 0 Å². The maximum absolute atomic E-state index is 12.2. The van der Waals surface area contributed by atoms with Gasteiger partial charge < -0.3 is 10.5 Å². The number of ether oxygens (including phenoxy) is 1. The summed E-state index contributed by atoms with van der Waals surface area (Å²) in [6, 6.07) is 5.23. The lowest BCUT2D eigenvalue weighted by molar-refractivity contribution is 0.0902. The fourth-order valence-corrected chi connectivity index (χ4v) is 3.46. The Labute approximate surface area is 118 Å². The summed E-state index contributed by atoms with van der Waals surface area (Å²) >= 11 is 0. The molecular formula is C13H18N2O4S. The van der Waals surface area contributed by atoms with Gasteiger partial charge in [0.15, 0.2) is 0 Å². The highest BCUT2D eigenvalue weighted by Gasteiger charge is 2.26. The van der Waals surface area contributed by atoms with E-state index >= 15 is 0 Å². The Morgan fingerprint density at radius 3 is 2.55 bits per heavy atom. The van der Waals surface area contributed by atoms with Crippen LogP contribution in [-0.2, 0) is 14.8 Å². The predicted octanol–water partition coefficient (Wildman–Crippen LogP) is 0.631. The van der Waals surface area contributed by atoms with Gasteiger partial charge in [0.2, 0.25) is 15.9 Å². The van der Waals surface area contributed by atoms with Crippen LogP contribution in [0.5, 0.6) is 0 Å². The van der Waals surface area contributed by atoms with Crippen molar-refractivity contribution in [2.45, 2.75) is 36.8 Å². The molecule has 1 aromatic carbocycles. The second-order valence-electron chi connectivity index (χ2n) is 4.85. The largest absolute Gasteiger partial charge is 0.377 e. The van der Waals surface area contributed by atoms with E-state index in [-0.39, 0.29) is 22.6 Å². The van der Waals surface area contributed by atoms with Gasteiger partial charge in [0.05, 0.1) is 11.0 Å². The molecule has 1 heterocycles. The first-order chi connectivity index (χ1) is 9.40. The van der Waals surface area contributed by atoms with Crippen LogP contribution in [0.15, 0.2) is 29.2 Å². The molecule has 0 aliphatic carbocycles. The van der Waals surface area contributed by atoms with Gasteiger partial charge in [-0.1, -0.05) is 0 Å². The first kappa shape index (κ1) is 15.0. The van der Waals surface area contributed by atoms with Crippen LogP contribution in [0.4, 0.5) is 0 Å². The Balaban J connectivity index is 2.11. The van der Waals surface area contributed by atoms with Crippen LogP contribution in [0.1, 0.15) is 30.1 Å². The fraction of sp³-hybridized carbons (Fsp3) is 0.462. The van der Waals surface area contributed by atoms with Gasteiger partial charge in [0, 0.05) is 18.2 Å². The summed E-state index contributed by atoms with van der Waals surface area (Å²) in [5, 5.41) is 0. The zero-order chi connectivity index (χ0) is 14.8. The zero-order valence-corrected chi connectivity index (χ0v) is 12.0. The van der Waals surface area contributed by atoms with E-state index in [9.17, 15) is 13.2 Å². The third kappa shape index (κ3) is 3.36. The van der Waals surface area contributed by atoms with Crippen molar-refractivity contribution in [1.29, 1.82) is 0 Å². The molecule has 1 aliphatic heterocycles. The van der Waals surface area contributed by atoms with Crippen LogP contribution in [0, 0.1) is 0 Å². The van der Waals surface area contributed by atoms with Crippen molar-refractivity contribution < 1.29 is 17.9 Å². The molecule has 2 atom stereocenters. The molecule has 0 radical (unpaired) electrons. The van der Waals surface area contributed by atoms with Crippen LogP contribution in [-0.4, -0.2) is 33.1 Å². The molecule has 1 aliphatic rings. The molecule has 0 spiro atoms. The van der Waals surface area contributed by atoms with Crippen molar-refractivity contribution in [2.75, 3.05) is 6.61 Å². The quantitative estimate of drug-likeness (QED) is 0.833. The van der Waals surface area contributed by atoms with Crippen molar-refractivity contribution in [3.63, 3.8) is 0 Å². The molecule has 0 saturated carbocycles. The summed E-state index contributed by atoms with van der Waals surface area (Å²) in [6.07, 6.45) is 1.71. The van der Waals surface area contributed by atoms with E-state index in [4.69, 9.17) is 10.5 Å². The lowest BCUT2D eigenvalue weighted by Crippen LogP contribution is -2.40. The normalized spacial score (nSPS) is 20.8. The highest BCUT2D eigenvalue weighted by Crippen LogP contribution is 2.18. The van der Waals surface area contributed by atoms with Gasteiger partial charge in [0.25, 0.3) is 0 Å². The number of nitrogens with two attached hydrogens (primary N) is 1. The summed E-state index contributed by atoms with van der Waals surface area (Å²) in [5.74, 6) is -0.588. The van der Waals surface area contributed by atoms with Crippen LogP contribution in [0.2, 0.25) is 0 Å². The van der Waals surface area contributed by atoms with Crippen molar-refractivity contribution >= 4 is 15.9 Å². The molecular weight excluding hydrogens is 280 g/mol. The van der Waals surface area contributed by atoms with Gasteiger partial charge in [-0.2, -0.15) is 0 Å². The maximum Gasteiger partial charge on any atom is 0.248 e. The first-order valence-corrected chi connectivity index (χ1v) is 7.92. The highest BCUT2D eigenvalue weighted by atomic mass is 32.2. The molecule has 0 bridgehead atoms. The standard InChI is InChI=1S/C13H18N2O4S/c1-9(12-3-2-8-19-12)15-20(17,18)11-6-4-10(5-7-11)13(14)16/h4-7,9,12,15H,2-3,8H2,1H3,(H2,14,16)/t9-,12-/m1/s1. The van der Waals surface area contributed by atoms with Crippen molar-refractivity contribution in [1.82, 2.24) is 4.72 Å². The average molecular weight is 298 g/mol. The molecule has 0 aromatic heterocycles. The molecule has 1 fully saturated rings. The van der Waals surface area contributed by atoms with Crippen LogP contribution in [0.25, 0.3) is 0 Å².